The molecule has 0 aromatic heterocycles. The number of hydrogen-bond donors (Lipinski definition) is 0. The molecule has 0 spiro atoms. The minimum Gasteiger partial charge on any atom is -0.373 e. The fourth-order valence-corrected chi connectivity index (χ4v) is 2.53. The first-order chi connectivity index (χ1) is 9.15. The fraction of sp³-hybridized carbons (Fsp3) is 0.571. The summed E-state index contributed by atoms with van der Waals surface area (Å²) in [5.74, 6) is 0. The fourth-order valence-electron chi connectivity index (χ4n) is 2.19. The molecule has 1 heterocycles. The zero-order valence-corrected chi connectivity index (χ0v) is 12.3. The maximum Gasteiger partial charge on any atom is 0.152 e. The number of ether oxygens (including phenoxy) is 1. The van der Waals surface area contributed by atoms with Crippen LogP contribution in [-0.2, 0) is 26.5 Å². The molecule has 0 bridgehead atoms. The Bertz CT molecular complexity index is 412. The first-order valence-corrected chi connectivity index (χ1v) is 7.99. The van der Waals surface area contributed by atoms with Crippen molar-refractivity contribution < 1.29 is 13.1 Å². The van der Waals surface area contributed by atoms with Gasteiger partial charge in [-0.25, -0.2) is 4.21 Å². The van der Waals surface area contributed by atoms with E-state index in [-0.39, 0.29) is 6.10 Å². The van der Waals surface area contributed by atoms with E-state index in [1.807, 2.05) is 6.07 Å². The summed E-state index contributed by atoms with van der Waals surface area (Å²) in [7, 11) is 0. The molecule has 3 unspecified atom stereocenters. The molecule has 0 N–H and O–H groups in total. The summed E-state index contributed by atoms with van der Waals surface area (Å²) in [6.45, 7) is 4.97. The third-order valence-electron chi connectivity index (χ3n) is 3.28. The number of benzene rings is 1. The Morgan fingerprint density at radius 2 is 2.16 bits per heavy atom. The Balaban J connectivity index is 1.89. The molecule has 2 rings (SSSR count). The lowest BCUT2D eigenvalue weighted by atomic mass is 10.1. The molecule has 19 heavy (non-hydrogen) atoms. The summed E-state index contributed by atoms with van der Waals surface area (Å²) >= 11 is -1.22. The van der Waals surface area contributed by atoms with Crippen LogP contribution >= 0.6 is 0 Å². The minimum atomic E-state index is -1.22. The van der Waals surface area contributed by atoms with Crippen molar-refractivity contribution in [1.29, 1.82) is 0 Å². The molecule has 0 aliphatic carbocycles. The highest BCUT2D eigenvalue weighted by Crippen LogP contribution is 2.15. The maximum absolute atomic E-state index is 10.9. The topological polar surface area (TPSA) is 38.8 Å². The average molecular weight is 283 g/mol. The van der Waals surface area contributed by atoms with E-state index >= 15 is 0 Å². The van der Waals surface area contributed by atoms with Gasteiger partial charge in [0.2, 0.25) is 0 Å². The lowest BCUT2D eigenvalue weighted by Crippen LogP contribution is -2.49. The Labute approximate surface area is 117 Å². The van der Waals surface area contributed by atoms with Crippen LogP contribution in [0.15, 0.2) is 30.3 Å². The molecule has 0 amide bonds. The quantitative estimate of drug-likeness (QED) is 0.822. The Kier molecular flexibility index (Phi) is 5.51. The highest BCUT2D eigenvalue weighted by atomic mass is 32.2. The zero-order chi connectivity index (χ0) is 13.7. The van der Waals surface area contributed by atoms with Crippen molar-refractivity contribution >= 4 is 11.1 Å². The van der Waals surface area contributed by atoms with E-state index in [1.165, 1.54) is 11.8 Å². The number of hydrogen-bond acceptors (Lipinski definition) is 4. The van der Waals surface area contributed by atoms with Crippen LogP contribution in [0.1, 0.15) is 12.5 Å². The molecule has 0 saturated carbocycles. The second-order valence-corrected chi connectivity index (χ2v) is 5.94. The van der Waals surface area contributed by atoms with E-state index in [0.717, 1.165) is 13.1 Å². The SMILES string of the molecule is CC1COC(COS(C)=O)CN1Cc1ccccc1. The van der Waals surface area contributed by atoms with E-state index in [9.17, 15) is 4.21 Å². The normalized spacial score (nSPS) is 26.2. The second kappa shape index (κ2) is 7.14. The van der Waals surface area contributed by atoms with E-state index in [1.54, 1.807) is 0 Å². The average Bonchev–Trinajstić information content (AvgIpc) is 2.41. The Morgan fingerprint density at radius 3 is 2.84 bits per heavy atom. The van der Waals surface area contributed by atoms with Crippen molar-refractivity contribution in [2.24, 2.45) is 0 Å². The second-order valence-electron chi connectivity index (χ2n) is 4.91. The Morgan fingerprint density at radius 1 is 1.42 bits per heavy atom. The molecular formula is C14H21NO3S. The summed E-state index contributed by atoms with van der Waals surface area (Å²) in [5, 5.41) is 0. The largest absolute Gasteiger partial charge is 0.373 e. The molecule has 1 aromatic rings. The van der Waals surface area contributed by atoms with Gasteiger partial charge in [-0.1, -0.05) is 30.3 Å². The monoisotopic (exact) mass is 283 g/mol. The van der Waals surface area contributed by atoms with Crippen LogP contribution in [0.2, 0.25) is 0 Å². The molecule has 3 atom stereocenters. The lowest BCUT2D eigenvalue weighted by molar-refractivity contribution is -0.0752. The van der Waals surface area contributed by atoms with Gasteiger partial charge in [0.1, 0.15) is 0 Å². The zero-order valence-electron chi connectivity index (χ0n) is 11.5. The standard InChI is InChI=1S/C14H21NO3S/c1-12-10-17-14(11-18-19(2)16)9-15(12)8-13-6-4-3-5-7-13/h3-7,12,14H,8-11H2,1-2H3. The van der Waals surface area contributed by atoms with Gasteiger partial charge in [0.25, 0.3) is 0 Å². The van der Waals surface area contributed by atoms with Crippen LogP contribution in [-0.4, -0.2) is 47.3 Å². The van der Waals surface area contributed by atoms with Crippen LogP contribution in [0.5, 0.6) is 0 Å². The smallest absolute Gasteiger partial charge is 0.152 e. The first kappa shape index (κ1) is 14.7. The predicted molar refractivity (Wildman–Crippen MR) is 76.1 cm³/mol. The predicted octanol–water partition coefficient (Wildman–Crippen LogP) is 1.59. The Hall–Kier alpha value is -0.750. The van der Waals surface area contributed by atoms with Crippen LogP contribution < -0.4 is 0 Å². The van der Waals surface area contributed by atoms with Gasteiger partial charge in [0.05, 0.1) is 19.3 Å². The highest BCUT2D eigenvalue weighted by Gasteiger charge is 2.26. The third-order valence-corrected chi connectivity index (χ3v) is 3.75. The van der Waals surface area contributed by atoms with E-state index in [2.05, 4.69) is 36.1 Å². The van der Waals surface area contributed by atoms with Crippen LogP contribution in [0.4, 0.5) is 0 Å². The van der Waals surface area contributed by atoms with Crippen molar-refractivity contribution in [2.45, 2.75) is 25.6 Å². The molecule has 1 fully saturated rings. The van der Waals surface area contributed by atoms with Crippen molar-refractivity contribution in [3.05, 3.63) is 35.9 Å². The summed E-state index contributed by atoms with van der Waals surface area (Å²) < 4.78 is 21.8. The number of nitrogens with zero attached hydrogens (tertiary/aromatic N) is 1. The van der Waals surface area contributed by atoms with E-state index in [4.69, 9.17) is 8.92 Å². The summed E-state index contributed by atoms with van der Waals surface area (Å²) in [5.41, 5.74) is 1.30. The first-order valence-electron chi connectivity index (χ1n) is 6.51. The molecule has 1 saturated heterocycles. The summed E-state index contributed by atoms with van der Waals surface area (Å²) in [4.78, 5) is 2.38. The van der Waals surface area contributed by atoms with Gasteiger partial charge in [-0.05, 0) is 12.5 Å². The summed E-state index contributed by atoms with van der Waals surface area (Å²) in [6, 6.07) is 10.8. The number of morpholine rings is 1. The van der Waals surface area contributed by atoms with Gasteiger partial charge >= 0.3 is 0 Å². The molecule has 106 valence electrons. The highest BCUT2D eigenvalue weighted by molar-refractivity contribution is 7.79. The molecule has 1 aliphatic heterocycles. The van der Waals surface area contributed by atoms with Gasteiger partial charge in [-0.2, -0.15) is 0 Å². The lowest BCUT2D eigenvalue weighted by Gasteiger charge is -2.37. The van der Waals surface area contributed by atoms with Crippen LogP contribution in [0.3, 0.4) is 0 Å². The summed E-state index contributed by atoms with van der Waals surface area (Å²) in [6.07, 6.45) is 1.54. The van der Waals surface area contributed by atoms with E-state index < -0.39 is 11.1 Å². The van der Waals surface area contributed by atoms with Gasteiger partial charge in [-0.15, -0.1) is 0 Å². The van der Waals surface area contributed by atoms with Crippen LogP contribution in [0.25, 0.3) is 0 Å². The molecule has 1 aliphatic rings. The molecule has 1 aromatic carbocycles. The van der Waals surface area contributed by atoms with Gasteiger partial charge < -0.3 is 4.74 Å². The van der Waals surface area contributed by atoms with Crippen LogP contribution in [0, 0.1) is 0 Å². The van der Waals surface area contributed by atoms with Gasteiger partial charge in [0.15, 0.2) is 11.1 Å². The van der Waals surface area contributed by atoms with E-state index in [0.29, 0.717) is 19.3 Å². The minimum absolute atomic E-state index is 0.00353. The third kappa shape index (κ3) is 4.69. The molecule has 4 nitrogen and oxygen atoms in total. The van der Waals surface area contributed by atoms with Gasteiger partial charge in [0, 0.05) is 25.4 Å². The van der Waals surface area contributed by atoms with Crippen molar-refractivity contribution in [1.82, 2.24) is 4.90 Å². The van der Waals surface area contributed by atoms with Crippen molar-refractivity contribution in [2.75, 3.05) is 26.0 Å². The maximum atomic E-state index is 10.9. The van der Waals surface area contributed by atoms with Gasteiger partial charge in [-0.3, -0.25) is 9.08 Å². The molecule has 5 heteroatoms. The molecular weight excluding hydrogens is 262 g/mol. The van der Waals surface area contributed by atoms with Crippen molar-refractivity contribution in [3.63, 3.8) is 0 Å². The number of rotatable bonds is 5. The molecule has 0 radical (unpaired) electrons. The van der Waals surface area contributed by atoms with Crippen molar-refractivity contribution in [3.8, 4) is 0 Å².